The summed E-state index contributed by atoms with van der Waals surface area (Å²) in [4.78, 5) is 46.9. The van der Waals surface area contributed by atoms with Gasteiger partial charge in [0.25, 0.3) is 5.91 Å². The Kier molecular flexibility index (Phi) is 7.47. The lowest BCUT2D eigenvalue weighted by Crippen LogP contribution is -2.70. The summed E-state index contributed by atoms with van der Waals surface area (Å²) < 4.78 is 16.2. The first kappa shape index (κ1) is 26.8. The number of halogens is 1. The van der Waals surface area contributed by atoms with E-state index in [0.717, 1.165) is 16.0 Å². The Labute approximate surface area is 220 Å². The number of β-lactam (4-membered cyclic amide) rings is 1. The van der Waals surface area contributed by atoms with Gasteiger partial charge in [-0.15, -0.1) is 0 Å². The summed E-state index contributed by atoms with van der Waals surface area (Å²) in [7, 11) is 3.29. The van der Waals surface area contributed by atoms with Crippen LogP contribution in [0.5, 0.6) is 0 Å². The van der Waals surface area contributed by atoms with E-state index < -0.39 is 41.7 Å². The largest absolute Gasteiger partial charge is 0.384 e. The van der Waals surface area contributed by atoms with Crippen molar-refractivity contribution in [3.63, 3.8) is 0 Å². The van der Waals surface area contributed by atoms with E-state index in [4.69, 9.17) is 5.73 Å². The van der Waals surface area contributed by atoms with E-state index in [1.807, 2.05) is 0 Å². The second kappa shape index (κ2) is 10.6. The van der Waals surface area contributed by atoms with Crippen LogP contribution in [0.2, 0.25) is 0 Å². The van der Waals surface area contributed by atoms with Crippen molar-refractivity contribution in [1.82, 2.24) is 25.0 Å². The molecule has 3 N–H and O–H groups in total. The van der Waals surface area contributed by atoms with Crippen LogP contribution in [-0.2, 0) is 23.1 Å². The molecule has 0 unspecified atom stereocenters. The minimum absolute atomic E-state index is 0.206. The molecule has 1 fully saturated rings. The van der Waals surface area contributed by atoms with Gasteiger partial charge in [0.1, 0.15) is 17.7 Å². The normalized spacial score (nSPS) is 17.6. The number of nitrogen functional groups attached to an aromatic ring is 1. The molecule has 3 aromatic rings. The smallest absolute Gasteiger partial charge is 0.325 e. The molecule has 10 nitrogen and oxygen atoms in total. The van der Waals surface area contributed by atoms with E-state index in [9.17, 15) is 18.8 Å². The van der Waals surface area contributed by atoms with Crippen molar-refractivity contribution >= 4 is 29.4 Å². The Hall–Kier alpha value is -4.28. The zero-order chi connectivity index (χ0) is 27.7. The molecule has 1 saturated heterocycles. The van der Waals surface area contributed by atoms with Crippen LogP contribution in [0.15, 0.2) is 42.7 Å². The number of amides is 4. The summed E-state index contributed by atoms with van der Waals surface area (Å²) in [6.45, 7) is 5.37. The average Bonchev–Trinajstić information content (AvgIpc) is 3.29. The van der Waals surface area contributed by atoms with E-state index in [1.165, 1.54) is 17.2 Å². The van der Waals surface area contributed by atoms with Crippen LogP contribution in [0.25, 0.3) is 0 Å². The predicted molar refractivity (Wildman–Crippen MR) is 141 cm³/mol. The number of carbonyl (C=O) groups excluding carboxylic acids is 3. The molecule has 200 valence electrons. The molecule has 2 aromatic heterocycles. The van der Waals surface area contributed by atoms with Crippen LogP contribution in [0, 0.1) is 25.6 Å². The van der Waals surface area contributed by atoms with E-state index in [2.05, 4.69) is 15.4 Å². The number of benzene rings is 1. The molecular weight excluding hydrogens is 489 g/mol. The molecule has 11 heteroatoms. The van der Waals surface area contributed by atoms with Crippen molar-refractivity contribution in [1.29, 1.82) is 0 Å². The Bertz CT molecular complexity index is 1370. The summed E-state index contributed by atoms with van der Waals surface area (Å²) in [6.07, 6.45) is 3.79. The Balaban J connectivity index is 1.62. The number of imide groups is 1. The van der Waals surface area contributed by atoms with Gasteiger partial charge >= 0.3 is 6.03 Å². The number of nitrogens with two attached hydrogens (primary N) is 1. The van der Waals surface area contributed by atoms with Gasteiger partial charge in [-0.2, -0.15) is 5.10 Å². The lowest BCUT2D eigenvalue weighted by atomic mass is 9.81. The van der Waals surface area contributed by atoms with Crippen LogP contribution < -0.4 is 16.0 Å². The first-order valence-corrected chi connectivity index (χ1v) is 12.4. The summed E-state index contributed by atoms with van der Waals surface area (Å²) in [5.74, 6) is -1.86. The van der Waals surface area contributed by atoms with Crippen molar-refractivity contribution < 1.29 is 18.8 Å². The summed E-state index contributed by atoms with van der Waals surface area (Å²) in [5.41, 5.74) is 8.90. The van der Waals surface area contributed by atoms with Crippen LogP contribution in [0.3, 0.4) is 0 Å². The van der Waals surface area contributed by atoms with Gasteiger partial charge in [0, 0.05) is 31.5 Å². The van der Waals surface area contributed by atoms with Crippen LogP contribution in [0.4, 0.5) is 20.7 Å². The van der Waals surface area contributed by atoms with Crippen LogP contribution in [0.1, 0.15) is 41.8 Å². The van der Waals surface area contributed by atoms with Gasteiger partial charge in [-0.3, -0.25) is 19.2 Å². The molecule has 0 saturated carbocycles. The maximum atomic E-state index is 14.7. The number of aromatic nitrogens is 3. The minimum Gasteiger partial charge on any atom is -0.384 e. The number of likely N-dealkylation sites (N-methyl/N-ethyl adjacent to an activating group) is 1. The lowest BCUT2D eigenvalue weighted by Gasteiger charge is -2.46. The highest BCUT2D eigenvalue weighted by Crippen LogP contribution is 2.34. The van der Waals surface area contributed by atoms with Gasteiger partial charge in [0.2, 0.25) is 5.91 Å². The lowest BCUT2D eigenvalue weighted by molar-refractivity contribution is -0.156. The molecule has 3 atom stereocenters. The molecule has 0 bridgehead atoms. The highest BCUT2D eigenvalue weighted by molar-refractivity contribution is 6.12. The summed E-state index contributed by atoms with van der Waals surface area (Å²) in [6, 6.07) is 5.74. The Morgan fingerprint density at radius 1 is 1.24 bits per heavy atom. The number of rotatable bonds is 7. The molecule has 1 aliphatic rings. The maximum absolute atomic E-state index is 14.7. The zero-order valence-corrected chi connectivity index (χ0v) is 22.1. The molecule has 4 amide bonds. The molecule has 1 aromatic carbocycles. The number of anilines is 2. The molecular formula is C27H32FN7O3. The highest BCUT2D eigenvalue weighted by atomic mass is 19.1. The molecule has 0 radical (unpaired) electrons. The SMILES string of the molecule is CC[C@@H](NC(=O)N1C(=O)[C@H](Cc2cc(C)nc(N)c2)[C@H]1C(=O)N(C)c1cnn(C)c1)c1ccc(C)cc1F. The quantitative estimate of drug-likeness (QED) is 0.460. The number of likely N-dealkylation sites (tertiary alicyclic amines) is 1. The summed E-state index contributed by atoms with van der Waals surface area (Å²) in [5, 5.41) is 6.86. The van der Waals surface area contributed by atoms with Crippen molar-refractivity contribution in [3.05, 3.63) is 70.9 Å². The minimum atomic E-state index is -1.07. The second-order valence-corrected chi connectivity index (χ2v) is 9.71. The van der Waals surface area contributed by atoms with Crippen molar-refractivity contribution in [3.8, 4) is 0 Å². The first-order valence-electron chi connectivity index (χ1n) is 12.4. The van der Waals surface area contributed by atoms with Gasteiger partial charge in [0.05, 0.1) is 23.8 Å². The van der Waals surface area contributed by atoms with Crippen molar-refractivity contribution in [2.45, 2.75) is 45.7 Å². The molecule has 0 aliphatic carbocycles. The van der Waals surface area contributed by atoms with E-state index >= 15 is 0 Å². The number of urea groups is 1. The maximum Gasteiger partial charge on any atom is 0.325 e. The Morgan fingerprint density at radius 3 is 2.58 bits per heavy atom. The fourth-order valence-electron chi connectivity index (χ4n) is 4.84. The number of hydrogen-bond donors (Lipinski definition) is 2. The van der Waals surface area contributed by atoms with Crippen molar-refractivity contribution in [2.24, 2.45) is 13.0 Å². The van der Waals surface area contributed by atoms with Crippen LogP contribution >= 0.6 is 0 Å². The highest BCUT2D eigenvalue weighted by Gasteiger charge is 2.55. The fraction of sp³-hybridized carbons (Fsp3) is 0.370. The molecule has 4 rings (SSSR count). The molecule has 0 spiro atoms. The number of aryl methyl sites for hydroxylation is 3. The van der Waals surface area contributed by atoms with Gasteiger partial charge in [-0.05, 0) is 56.0 Å². The van der Waals surface area contributed by atoms with Gasteiger partial charge in [-0.1, -0.05) is 19.1 Å². The van der Waals surface area contributed by atoms with E-state index in [-0.39, 0.29) is 6.42 Å². The topological polar surface area (TPSA) is 126 Å². The Morgan fingerprint density at radius 2 is 1.97 bits per heavy atom. The monoisotopic (exact) mass is 521 g/mol. The van der Waals surface area contributed by atoms with Gasteiger partial charge in [-0.25, -0.2) is 14.2 Å². The third-order valence-corrected chi connectivity index (χ3v) is 6.82. The van der Waals surface area contributed by atoms with Gasteiger partial charge in [0.15, 0.2) is 0 Å². The number of hydrogen-bond acceptors (Lipinski definition) is 6. The van der Waals surface area contributed by atoms with E-state index in [0.29, 0.717) is 29.2 Å². The van der Waals surface area contributed by atoms with E-state index in [1.54, 1.807) is 70.0 Å². The van der Waals surface area contributed by atoms with Crippen molar-refractivity contribution in [2.75, 3.05) is 17.7 Å². The number of nitrogens with zero attached hydrogens (tertiary/aromatic N) is 5. The predicted octanol–water partition coefficient (Wildman–Crippen LogP) is 3.05. The average molecular weight is 522 g/mol. The van der Waals surface area contributed by atoms with Gasteiger partial charge < -0.3 is 16.0 Å². The zero-order valence-electron chi connectivity index (χ0n) is 22.1. The number of pyridine rings is 1. The molecule has 1 aliphatic heterocycles. The standard InChI is InChI=1S/C27H32FN7O3/c1-6-22(19-8-7-15(2)9-21(19)28)32-27(38)35-24(26(37)34(5)18-13-30-33(4)14-18)20(25(35)36)11-17-10-16(3)31-23(29)12-17/h7-10,12-14,20,22,24H,6,11H2,1-5H3,(H2,29,31)(H,32,38)/t20-,22-,24+/m1/s1. The third-order valence-electron chi connectivity index (χ3n) is 6.82. The first-order chi connectivity index (χ1) is 18.0. The number of carbonyl (C=O) groups is 3. The van der Waals surface area contributed by atoms with Crippen LogP contribution in [-0.4, -0.2) is 50.6 Å². The number of nitrogens with one attached hydrogen (secondary N) is 1. The fourth-order valence-corrected chi connectivity index (χ4v) is 4.84. The molecule has 38 heavy (non-hydrogen) atoms. The molecule has 3 heterocycles. The second-order valence-electron chi connectivity index (χ2n) is 9.71. The summed E-state index contributed by atoms with van der Waals surface area (Å²) >= 11 is 0. The third kappa shape index (κ3) is 5.22.